The highest BCUT2D eigenvalue weighted by atomic mass is 32.1. The maximum atomic E-state index is 13.2. The molecule has 2 heterocycles. The normalized spacial score (nSPS) is 16.0. The lowest BCUT2D eigenvalue weighted by Gasteiger charge is -2.29. The van der Waals surface area contributed by atoms with Gasteiger partial charge in [0, 0.05) is 25.0 Å². The number of carbonyl (C=O) groups is 2. The highest BCUT2D eigenvalue weighted by Gasteiger charge is 2.34. The molecule has 0 bridgehead atoms. The number of nitrogens with one attached hydrogen (secondary N) is 1. The first-order valence-electron chi connectivity index (χ1n) is 9.39. The van der Waals surface area contributed by atoms with Gasteiger partial charge in [-0.15, -0.1) is 0 Å². The molecule has 1 fully saturated rings. The molecule has 29 heavy (non-hydrogen) atoms. The van der Waals surface area contributed by atoms with E-state index in [0.717, 1.165) is 28.1 Å². The first kappa shape index (κ1) is 21.0. The minimum atomic E-state index is -0.484. The van der Waals surface area contributed by atoms with Crippen LogP contribution in [-0.2, 0) is 20.9 Å². The lowest BCUT2D eigenvalue weighted by atomic mass is 10.1. The number of thiocarbonyl (C=S) groups is 1. The fourth-order valence-corrected chi connectivity index (χ4v) is 3.69. The second-order valence-electron chi connectivity index (χ2n) is 7.20. The maximum absolute atomic E-state index is 13.2. The number of ether oxygens (including phenoxy) is 1. The van der Waals surface area contributed by atoms with Crippen LogP contribution in [0.15, 0.2) is 29.8 Å². The van der Waals surface area contributed by atoms with Crippen LogP contribution < -0.4 is 10.2 Å². The third-order valence-corrected chi connectivity index (χ3v) is 5.57. The monoisotopic (exact) mass is 411 g/mol. The molecule has 3 rings (SSSR count). The third-order valence-electron chi connectivity index (χ3n) is 5.28. The molecule has 0 spiro atoms. The number of aromatic nitrogens is 1. The topological polar surface area (TPSA) is 63.6 Å². The van der Waals surface area contributed by atoms with Gasteiger partial charge in [0.25, 0.3) is 11.8 Å². The molecule has 1 aromatic heterocycles. The van der Waals surface area contributed by atoms with Gasteiger partial charge in [0.2, 0.25) is 0 Å². The van der Waals surface area contributed by atoms with Crippen LogP contribution in [0.25, 0.3) is 6.08 Å². The van der Waals surface area contributed by atoms with Gasteiger partial charge in [0.15, 0.2) is 5.11 Å². The summed E-state index contributed by atoms with van der Waals surface area (Å²) in [5.74, 6) is -0.912. The molecule has 0 saturated carbocycles. The van der Waals surface area contributed by atoms with Crippen molar-refractivity contribution in [2.45, 2.75) is 34.2 Å². The molecular formula is C22H25N3O3S. The number of amides is 2. The zero-order valence-corrected chi connectivity index (χ0v) is 18.1. The zero-order chi connectivity index (χ0) is 21.3. The van der Waals surface area contributed by atoms with E-state index in [9.17, 15) is 9.59 Å². The molecule has 1 saturated heterocycles. The van der Waals surface area contributed by atoms with Gasteiger partial charge < -0.3 is 9.30 Å². The van der Waals surface area contributed by atoms with E-state index in [1.807, 2.05) is 52.0 Å². The molecule has 1 aromatic carbocycles. The third kappa shape index (κ3) is 4.02. The molecular weight excluding hydrogens is 386 g/mol. The highest BCUT2D eigenvalue weighted by molar-refractivity contribution is 7.80. The number of anilines is 1. The Morgan fingerprint density at radius 2 is 1.83 bits per heavy atom. The van der Waals surface area contributed by atoms with Crippen LogP contribution in [0.4, 0.5) is 5.69 Å². The van der Waals surface area contributed by atoms with Gasteiger partial charge in [-0.05, 0) is 80.9 Å². The predicted molar refractivity (Wildman–Crippen MR) is 118 cm³/mol. The van der Waals surface area contributed by atoms with Gasteiger partial charge in [-0.1, -0.05) is 6.07 Å². The molecule has 1 aliphatic heterocycles. The molecule has 0 radical (unpaired) electrons. The van der Waals surface area contributed by atoms with Crippen LogP contribution in [-0.4, -0.2) is 35.2 Å². The van der Waals surface area contributed by atoms with Crippen LogP contribution in [0.5, 0.6) is 0 Å². The Morgan fingerprint density at radius 1 is 1.10 bits per heavy atom. The predicted octanol–water partition coefficient (Wildman–Crippen LogP) is 3.20. The quantitative estimate of drug-likeness (QED) is 0.466. The molecule has 1 aliphatic rings. The Labute approximate surface area is 176 Å². The first-order valence-corrected chi connectivity index (χ1v) is 9.79. The van der Waals surface area contributed by atoms with Crippen molar-refractivity contribution in [1.29, 1.82) is 0 Å². The van der Waals surface area contributed by atoms with Gasteiger partial charge in [-0.25, -0.2) is 0 Å². The minimum Gasteiger partial charge on any atom is -0.383 e. The average Bonchev–Trinajstić information content (AvgIpc) is 2.92. The van der Waals surface area contributed by atoms with Gasteiger partial charge in [-0.3, -0.25) is 19.8 Å². The van der Waals surface area contributed by atoms with E-state index in [2.05, 4.69) is 9.88 Å². The van der Waals surface area contributed by atoms with E-state index >= 15 is 0 Å². The van der Waals surface area contributed by atoms with Crippen LogP contribution in [0, 0.1) is 27.7 Å². The van der Waals surface area contributed by atoms with Gasteiger partial charge in [-0.2, -0.15) is 0 Å². The Hall–Kier alpha value is -2.77. The number of methoxy groups -OCH3 is 1. The van der Waals surface area contributed by atoms with Crippen molar-refractivity contribution >= 4 is 40.9 Å². The van der Waals surface area contributed by atoms with Crippen LogP contribution in [0.1, 0.15) is 28.1 Å². The molecule has 6 nitrogen and oxygen atoms in total. The lowest BCUT2D eigenvalue weighted by Crippen LogP contribution is -2.54. The molecule has 152 valence electrons. The van der Waals surface area contributed by atoms with Gasteiger partial charge in [0.1, 0.15) is 5.57 Å². The van der Waals surface area contributed by atoms with Crippen molar-refractivity contribution in [3.05, 3.63) is 57.9 Å². The second-order valence-corrected chi connectivity index (χ2v) is 7.58. The fourth-order valence-electron chi connectivity index (χ4n) is 3.41. The summed E-state index contributed by atoms with van der Waals surface area (Å²) >= 11 is 5.28. The number of nitrogens with zero attached hydrogens (tertiary/aromatic N) is 2. The summed E-state index contributed by atoms with van der Waals surface area (Å²) in [7, 11) is 1.66. The summed E-state index contributed by atoms with van der Waals surface area (Å²) in [5.41, 5.74) is 5.69. The van der Waals surface area contributed by atoms with E-state index in [0.29, 0.717) is 18.8 Å². The lowest BCUT2D eigenvalue weighted by molar-refractivity contribution is -0.122. The highest BCUT2D eigenvalue weighted by Crippen LogP contribution is 2.25. The Balaban J connectivity index is 2.01. The summed E-state index contributed by atoms with van der Waals surface area (Å²) in [6, 6.07) is 7.62. The maximum Gasteiger partial charge on any atom is 0.270 e. The standard InChI is InChI=1S/C22H25N3O3S/c1-13-6-7-18(10-14(13)2)25-21(27)19(20(26)23-22(25)29)12-17-11-15(3)24(16(17)4)8-9-28-5/h6-7,10-12H,8-9H2,1-5H3,(H,23,26,29)/b19-12+. The van der Waals surface area contributed by atoms with Crippen molar-refractivity contribution in [2.75, 3.05) is 18.6 Å². The molecule has 1 N–H and O–H groups in total. The Bertz CT molecular complexity index is 1040. The van der Waals surface area contributed by atoms with Crippen LogP contribution in [0.2, 0.25) is 0 Å². The SMILES string of the molecule is COCCn1c(C)cc(/C=C2\C(=O)NC(=S)N(c3ccc(C)c(C)c3)C2=O)c1C. The number of rotatable bonds is 5. The van der Waals surface area contributed by atoms with Gasteiger partial charge >= 0.3 is 0 Å². The Kier molecular flexibility index (Phi) is 6.00. The van der Waals surface area contributed by atoms with Crippen molar-refractivity contribution in [3.63, 3.8) is 0 Å². The largest absolute Gasteiger partial charge is 0.383 e. The number of aryl methyl sites for hydroxylation is 3. The Morgan fingerprint density at radius 3 is 2.48 bits per heavy atom. The summed E-state index contributed by atoms with van der Waals surface area (Å²) in [6.07, 6.45) is 1.64. The number of hydrogen-bond acceptors (Lipinski definition) is 4. The summed E-state index contributed by atoms with van der Waals surface area (Å²) in [6.45, 7) is 9.22. The van der Waals surface area contributed by atoms with Crippen molar-refractivity contribution in [2.24, 2.45) is 0 Å². The summed E-state index contributed by atoms with van der Waals surface area (Å²) in [4.78, 5) is 27.1. The number of carbonyl (C=O) groups excluding carboxylic acids is 2. The molecule has 2 amide bonds. The summed E-state index contributed by atoms with van der Waals surface area (Å²) in [5, 5.41) is 2.73. The molecule has 0 atom stereocenters. The van der Waals surface area contributed by atoms with E-state index < -0.39 is 11.8 Å². The van der Waals surface area contributed by atoms with E-state index in [-0.39, 0.29) is 10.7 Å². The molecule has 2 aromatic rings. The van der Waals surface area contributed by atoms with Crippen molar-refractivity contribution < 1.29 is 14.3 Å². The molecule has 0 unspecified atom stereocenters. The van der Waals surface area contributed by atoms with E-state index in [1.54, 1.807) is 13.2 Å². The van der Waals surface area contributed by atoms with Gasteiger partial charge in [0.05, 0.1) is 12.3 Å². The van der Waals surface area contributed by atoms with E-state index in [4.69, 9.17) is 17.0 Å². The first-order chi connectivity index (χ1) is 13.7. The van der Waals surface area contributed by atoms with Crippen LogP contribution in [0.3, 0.4) is 0 Å². The minimum absolute atomic E-state index is 0.0591. The molecule has 7 heteroatoms. The zero-order valence-electron chi connectivity index (χ0n) is 17.3. The van der Waals surface area contributed by atoms with Crippen molar-refractivity contribution in [3.8, 4) is 0 Å². The van der Waals surface area contributed by atoms with E-state index in [1.165, 1.54) is 4.90 Å². The average molecular weight is 412 g/mol. The number of benzene rings is 1. The number of hydrogen-bond donors (Lipinski definition) is 1. The fraction of sp³-hybridized carbons (Fsp3) is 0.318. The smallest absolute Gasteiger partial charge is 0.270 e. The van der Waals surface area contributed by atoms with Crippen molar-refractivity contribution in [1.82, 2.24) is 9.88 Å². The second kappa shape index (κ2) is 8.31. The molecule has 0 aliphatic carbocycles. The summed E-state index contributed by atoms with van der Waals surface area (Å²) < 4.78 is 7.27. The van der Waals surface area contributed by atoms with Crippen LogP contribution >= 0.6 is 12.2 Å².